The Morgan fingerprint density at radius 2 is 1.89 bits per heavy atom. The van der Waals surface area contributed by atoms with Crippen molar-refractivity contribution < 1.29 is 43.2 Å². The Bertz CT molecular complexity index is 1390. The van der Waals surface area contributed by atoms with Crippen LogP contribution in [0.5, 0.6) is 0 Å². The van der Waals surface area contributed by atoms with E-state index in [1.165, 1.54) is 17.0 Å². The van der Waals surface area contributed by atoms with Crippen LogP contribution in [0.2, 0.25) is 5.28 Å². The zero-order valence-electron chi connectivity index (χ0n) is 19.3. The largest absolute Gasteiger partial charge is 0.388 e. The molecule has 0 aliphatic carbocycles. The minimum atomic E-state index is -4.73. The van der Waals surface area contributed by atoms with E-state index in [9.17, 15) is 28.6 Å². The fraction of sp³-hybridized carbons (Fsp3) is 0.450. The van der Waals surface area contributed by atoms with Crippen molar-refractivity contribution in [1.29, 1.82) is 0 Å². The van der Waals surface area contributed by atoms with Crippen LogP contribution in [-0.4, -0.2) is 74.8 Å². The first-order valence-corrected chi connectivity index (χ1v) is 15.2. The average molecular weight is 580 g/mol. The van der Waals surface area contributed by atoms with Crippen LogP contribution in [0.25, 0.3) is 11.2 Å². The van der Waals surface area contributed by atoms with Crippen molar-refractivity contribution in [2.45, 2.75) is 43.9 Å². The summed E-state index contributed by atoms with van der Waals surface area (Å²) in [4.78, 5) is 40.4. The Morgan fingerprint density at radius 3 is 2.57 bits per heavy atom. The Labute approximate surface area is 214 Å². The van der Waals surface area contributed by atoms with E-state index in [-0.39, 0.29) is 28.7 Å². The summed E-state index contributed by atoms with van der Waals surface area (Å²) in [6, 6.07) is 5.67. The van der Waals surface area contributed by atoms with Gasteiger partial charge in [0.1, 0.15) is 23.9 Å². The number of fused-ring (bicyclic) bond motifs is 1. The molecule has 1 fully saturated rings. The summed E-state index contributed by atoms with van der Waals surface area (Å²) in [5.41, 5.74) is 0.738. The van der Waals surface area contributed by atoms with Crippen molar-refractivity contribution in [3.63, 3.8) is 0 Å². The van der Waals surface area contributed by atoms with Crippen LogP contribution < -0.4 is 5.32 Å². The third kappa shape index (κ3) is 6.36. The number of anilines is 1. The van der Waals surface area contributed by atoms with Crippen LogP contribution >= 0.6 is 26.6 Å². The minimum Gasteiger partial charge on any atom is -0.388 e. The van der Waals surface area contributed by atoms with Gasteiger partial charge in [-0.3, -0.25) is 13.7 Å². The number of hydrogen-bond acceptors (Lipinski definition) is 9. The summed E-state index contributed by atoms with van der Waals surface area (Å²) in [5, 5.41) is 24.0. The van der Waals surface area contributed by atoms with Gasteiger partial charge in [-0.25, -0.2) is 9.37 Å². The third-order valence-electron chi connectivity index (χ3n) is 5.90. The number of aromatic nitrogens is 4. The normalized spacial score (nSPS) is 24.8. The summed E-state index contributed by atoms with van der Waals surface area (Å²) in [6.07, 6.45) is -4.82. The van der Waals surface area contributed by atoms with Crippen molar-refractivity contribution in [1.82, 2.24) is 19.5 Å². The van der Waals surface area contributed by atoms with Crippen LogP contribution in [0, 0.1) is 5.82 Å². The molecule has 0 amide bonds. The lowest BCUT2D eigenvalue weighted by Gasteiger charge is -2.18. The van der Waals surface area contributed by atoms with E-state index in [0.29, 0.717) is 5.56 Å². The first-order valence-electron chi connectivity index (χ1n) is 11.0. The number of aliphatic hydroxyl groups is 2. The fourth-order valence-electron chi connectivity index (χ4n) is 4.17. The predicted octanol–water partition coefficient (Wildman–Crippen LogP) is 2.21. The molecule has 1 aliphatic rings. The van der Waals surface area contributed by atoms with Gasteiger partial charge >= 0.3 is 7.60 Å². The number of halogens is 2. The Kier molecular flexibility index (Phi) is 8.06. The molecule has 13 nitrogen and oxygen atoms in total. The molecule has 1 aliphatic heterocycles. The van der Waals surface area contributed by atoms with E-state index in [1.807, 2.05) is 0 Å². The number of nitrogens with one attached hydrogen (secondary N) is 1. The molecule has 4 rings (SSSR count). The van der Waals surface area contributed by atoms with Crippen LogP contribution in [0.4, 0.5) is 10.2 Å². The van der Waals surface area contributed by atoms with Crippen LogP contribution in [0.3, 0.4) is 0 Å². The van der Waals surface area contributed by atoms with Crippen molar-refractivity contribution >= 4 is 43.5 Å². The van der Waals surface area contributed by atoms with Gasteiger partial charge < -0.3 is 34.9 Å². The zero-order chi connectivity index (χ0) is 27.1. The summed E-state index contributed by atoms with van der Waals surface area (Å²) in [5.74, 6) is -1.43. The minimum absolute atomic E-state index is 0.134. The number of ether oxygens (including phenoxy) is 1. The second kappa shape index (κ2) is 10.6. The Balaban J connectivity index is 1.56. The van der Waals surface area contributed by atoms with Gasteiger partial charge in [0.15, 0.2) is 23.2 Å². The monoisotopic (exact) mass is 579 g/mol. The number of nitrogens with zero attached hydrogens (tertiary/aromatic N) is 4. The van der Waals surface area contributed by atoms with Crippen LogP contribution in [-0.2, 0) is 13.9 Å². The lowest BCUT2D eigenvalue weighted by atomic mass is 10.1. The number of imidazole rings is 1. The topological polar surface area (TPSA) is 200 Å². The maximum atomic E-state index is 14.2. The molecule has 0 bridgehead atoms. The number of hydrogen-bond donors (Lipinski definition) is 6. The molecule has 0 saturated carbocycles. The van der Waals surface area contributed by atoms with Crippen molar-refractivity contribution in [2.75, 3.05) is 17.4 Å². The molecule has 1 saturated heterocycles. The highest BCUT2D eigenvalue weighted by atomic mass is 35.5. The highest BCUT2D eigenvalue weighted by molar-refractivity contribution is 7.72. The van der Waals surface area contributed by atoms with E-state index in [4.69, 9.17) is 26.1 Å². The van der Waals surface area contributed by atoms with Crippen LogP contribution in [0.15, 0.2) is 30.6 Å². The highest BCUT2D eigenvalue weighted by Gasteiger charge is 2.45. The van der Waals surface area contributed by atoms with E-state index in [2.05, 4.69) is 20.3 Å². The molecule has 0 spiro atoms. The molecule has 6 N–H and O–H groups in total. The summed E-state index contributed by atoms with van der Waals surface area (Å²) >= 11 is 6.11. The lowest BCUT2D eigenvalue weighted by molar-refractivity contribution is -0.0354. The Morgan fingerprint density at radius 1 is 1.19 bits per heavy atom. The molecule has 2 unspecified atom stereocenters. The van der Waals surface area contributed by atoms with Crippen molar-refractivity contribution in [3.05, 3.63) is 47.3 Å². The maximum absolute atomic E-state index is 14.2. The Hall–Kier alpha value is -1.99. The molecular formula is C20H25ClFN5O8P2. The van der Waals surface area contributed by atoms with Gasteiger partial charge in [-0.15, -0.1) is 0 Å². The van der Waals surface area contributed by atoms with Crippen molar-refractivity contribution in [2.24, 2.45) is 0 Å². The number of aliphatic hydroxyl groups excluding tert-OH is 2. The molecule has 3 heterocycles. The summed E-state index contributed by atoms with van der Waals surface area (Å²) in [7, 11) is -8.94. The van der Waals surface area contributed by atoms with Gasteiger partial charge in [0.2, 0.25) is 12.7 Å². The molecule has 17 heteroatoms. The van der Waals surface area contributed by atoms with Gasteiger partial charge in [0.25, 0.3) is 0 Å². The SMILES string of the molecule is C[C@H](Nc1nc(Cl)nc2c1ncn2[C@@H]1O[C@H](CCP(=O)(O)CP(=O)(O)O)C(O)[C@@H]1O)c1ccccc1F. The summed E-state index contributed by atoms with van der Waals surface area (Å²) in [6.45, 7) is 1.72. The smallest absolute Gasteiger partial charge is 0.335 e. The predicted molar refractivity (Wildman–Crippen MR) is 131 cm³/mol. The molecule has 3 aromatic rings. The number of benzene rings is 1. The molecule has 202 valence electrons. The van der Waals surface area contributed by atoms with Gasteiger partial charge in [0, 0.05) is 11.7 Å². The molecule has 0 radical (unpaired) electrons. The molecule has 2 aromatic heterocycles. The molecule has 1 aromatic carbocycles. The zero-order valence-corrected chi connectivity index (χ0v) is 21.8. The van der Waals surface area contributed by atoms with E-state index < -0.39 is 63.4 Å². The van der Waals surface area contributed by atoms with Crippen LogP contribution in [0.1, 0.15) is 31.2 Å². The standard InChI is InChI=1S/C20H25ClFN5O8P2/c1-10(11-4-2-3-5-12(11)22)24-17-14-18(26-20(21)25-17)27(8-23-14)19-16(29)15(28)13(35-19)6-7-36(30,31)9-37(32,33)34/h2-5,8,10,13,15-16,19,28-29H,6-7,9H2,1H3,(H,30,31)(H,24,25,26)(H2,32,33,34)/t10-,13+,15?,16-,19+/m0/s1. The average Bonchev–Trinajstić information content (AvgIpc) is 3.32. The van der Waals surface area contributed by atoms with Gasteiger partial charge in [0.05, 0.1) is 18.5 Å². The first-order chi connectivity index (χ1) is 17.3. The van der Waals surface area contributed by atoms with Crippen molar-refractivity contribution in [3.8, 4) is 0 Å². The summed E-state index contributed by atoms with van der Waals surface area (Å²) < 4.78 is 44.5. The molecule has 6 atom stereocenters. The molecule has 37 heavy (non-hydrogen) atoms. The van der Waals surface area contributed by atoms with Gasteiger partial charge in [-0.05, 0) is 31.0 Å². The second-order valence-corrected chi connectivity index (χ2v) is 13.7. The van der Waals surface area contributed by atoms with E-state index in [1.54, 1.807) is 25.1 Å². The quantitative estimate of drug-likeness (QED) is 0.160. The molecular weight excluding hydrogens is 555 g/mol. The second-order valence-electron chi connectivity index (χ2n) is 8.76. The van der Waals surface area contributed by atoms with E-state index in [0.717, 1.165) is 0 Å². The third-order valence-corrected chi connectivity index (χ3v) is 10.3. The number of rotatable bonds is 9. The van der Waals surface area contributed by atoms with E-state index >= 15 is 0 Å². The fourth-order valence-corrected chi connectivity index (χ4v) is 7.86. The maximum Gasteiger partial charge on any atom is 0.335 e. The highest BCUT2D eigenvalue weighted by Crippen LogP contribution is 2.55. The van der Waals surface area contributed by atoms with Gasteiger partial charge in [-0.2, -0.15) is 9.97 Å². The lowest BCUT2D eigenvalue weighted by Crippen LogP contribution is -2.32. The first kappa shape index (κ1) is 28.0. The van der Waals surface area contributed by atoms with Gasteiger partial charge in [-0.1, -0.05) is 18.2 Å².